The highest BCUT2D eigenvalue weighted by Crippen LogP contribution is 2.12. The molecule has 2 unspecified atom stereocenters. The number of carboxylic acid groups (broad SMARTS) is 1. The number of carbonyl (C=O) groups is 3. The van der Waals surface area contributed by atoms with E-state index in [0.29, 0.717) is 12.8 Å². The van der Waals surface area contributed by atoms with Gasteiger partial charge in [-0.1, -0.05) is 127 Å². The van der Waals surface area contributed by atoms with Crippen molar-refractivity contribution in [3.8, 4) is 0 Å². The van der Waals surface area contributed by atoms with Gasteiger partial charge in [-0.25, -0.2) is 0 Å². The zero-order chi connectivity index (χ0) is 37.8. The van der Waals surface area contributed by atoms with Crippen molar-refractivity contribution in [3.63, 3.8) is 0 Å². The zero-order valence-corrected chi connectivity index (χ0v) is 33.5. The number of rotatable bonds is 36. The van der Waals surface area contributed by atoms with Gasteiger partial charge in [0.15, 0.2) is 6.10 Å². The Morgan fingerprint density at radius 1 is 0.588 bits per heavy atom. The van der Waals surface area contributed by atoms with Crippen molar-refractivity contribution >= 4 is 17.9 Å². The van der Waals surface area contributed by atoms with E-state index in [0.717, 1.165) is 44.9 Å². The molecule has 0 aliphatic carbocycles. The van der Waals surface area contributed by atoms with E-state index in [9.17, 15) is 19.5 Å². The number of esters is 2. The lowest BCUT2D eigenvalue weighted by atomic mass is 10.1. The Kier molecular flexibility index (Phi) is 33.0. The van der Waals surface area contributed by atoms with E-state index in [1.165, 1.54) is 83.5 Å². The van der Waals surface area contributed by atoms with E-state index in [-0.39, 0.29) is 49.1 Å². The van der Waals surface area contributed by atoms with E-state index in [1.807, 2.05) is 6.08 Å². The maximum Gasteiger partial charge on any atom is 0.306 e. The minimum atomic E-state index is -1.13. The number of aliphatic carboxylic acids is 1. The van der Waals surface area contributed by atoms with E-state index < -0.39 is 18.1 Å². The number of hydrogen-bond donors (Lipinski definition) is 0. The molecule has 0 saturated carbocycles. The van der Waals surface area contributed by atoms with Crippen molar-refractivity contribution in [2.45, 2.75) is 180 Å². The summed E-state index contributed by atoms with van der Waals surface area (Å²) in [5.74, 6) is -1.84. The molecule has 0 aromatic heterocycles. The van der Waals surface area contributed by atoms with Crippen molar-refractivity contribution in [3.05, 3.63) is 36.5 Å². The second kappa shape index (κ2) is 34.6. The molecular formula is C43H77NO7. The molecule has 0 radical (unpaired) electrons. The van der Waals surface area contributed by atoms with Gasteiger partial charge in [0.25, 0.3) is 0 Å². The summed E-state index contributed by atoms with van der Waals surface area (Å²) in [4.78, 5) is 36.7. The van der Waals surface area contributed by atoms with Crippen LogP contribution in [0.2, 0.25) is 0 Å². The summed E-state index contributed by atoms with van der Waals surface area (Å²) in [5, 5.41) is 11.6. The number of allylic oxidation sites excluding steroid dienone is 6. The van der Waals surface area contributed by atoms with Crippen LogP contribution in [0.3, 0.4) is 0 Å². The summed E-state index contributed by atoms with van der Waals surface area (Å²) in [7, 11) is 5.38. The van der Waals surface area contributed by atoms with Crippen molar-refractivity contribution in [1.82, 2.24) is 0 Å². The topological polar surface area (TPSA) is 102 Å². The molecule has 0 rings (SSSR count). The zero-order valence-electron chi connectivity index (χ0n) is 33.5. The Balaban J connectivity index is 4.49. The first-order chi connectivity index (χ1) is 24.6. The molecule has 0 fully saturated rings. The van der Waals surface area contributed by atoms with Gasteiger partial charge in [-0.05, 0) is 57.8 Å². The Morgan fingerprint density at radius 3 is 1.61 bits per heavy atom. The second-order valence-corrected chi connectivity index (χ2v) is 14.9. The van der Waals surface area contributed by atoms with E-state index in [2.05, 4.69) is 44.2 Å². The Labute approximate surface area is 313 Å². The van der Waals surface area contributed by atoms with Gasteiger partial charge in [0.05, 0.1) is 40.3 Å². The molecule has 0 aliphatic rings. The molecule has 8 nitrogen and oxygen atoms in total. The van der Waals surface area contributed by atoms with Gasteiger partial charge in [0.1, 0.15) is 12.6 Å². The van der Waals surface area contributed by atoms with Crippen molar-refractivity contribution in [1.29, 1.82) is 0 Å². The van der Waals surface area contributed by atoms with Crippen molar-refractivity contribution in [2.75, 3.05) is 41.0 Å². The summed E-state index contributed by atoms with van der Waals surface area (Å²) >= 11 is 0. The summed E-state index contributed by atoms with van der Waals surface area (Å²) in [6.07, 6.45) is 37.5. The molecular weight excluding hydrogens is 642 g/mol. The maximum atomic E-state index is 12.7. The number of likely N-dealkylation sites (N-methyl/N-ethyl adjacent to an activating group) is 1. The van der Waals surface area contributed by atoms with Gasteiger partial charge in [-0.2, -0.15) is 0 Å². The third-order valence-electron chi connectivity index (χ3n) is 9.01. The first-order valence-corrected chi connectivity index (χ1v) is 20.5. The number of carboxylic acids is 1. The molecule has 0 aliphatic heterocycles. The quantitative estimate of drug-likeness (QED) is 0.0275. The lowest BCUT2D eigenvalue weighted by Gasteiger charge is -2.34. The van der Waals surface area contributed by atoms with Crippen LogP contribution in [0.1, 0.15) is 168 Å². The Hall–Kier alpha value is -2.45. The summed E-state index contributed by atoms with van der Waals surface area (Å²) in [5.41, 5.74) is 0. The molecule has 0 N–H and O–H groups in total. The van der Waals surface area contributed by atoms with Gasteiger partial charge >= 0.3 is 11.9 Å². The highest BCUT2D eigenvalue weighted by Gasteiger charge is 2.25. The largest absolute Gasteiger partial charge is 0.544 e. The molecule has 296 valence electrons. The Morgan fingerprint density at radius 2 is 1.08 bits per heavy atom. The minimum Gasteiger partial charge on any atom is -0.544 e. The molecule has 2 atom stereocenters. The fourth-order valence-electron chi connectivity index (χ4n) is 5.76. The first-order valence-electron chi connectivity index (χ1n) is 20.5. The fourth-order valence-corrected chi connectivity index (χ4v) is 5.76. The third-order valence-corrected chi connectivity index (χ3v) is 9.01. The van der Waals surface area contributed by atoms with Crippen LogP contribution >= 0.6 is 0 Å². The average molecular weight is 720 g/mol. The molecule has 0 heterocycles. The van der Waals surface area contributed by atoms with Crippen LogP contribution in [0.25, 0.3) is 0 Å². The maximum absolute atomic E-state index is 12.7. The predicted molar refractivity (Wildman–Crippen MR) is 208 cm³/mol. The van der Waals surface area contributed by atoms with E-state index >= 15 is 0 Å². The van der Waals surface area contributed by atoms with Crippen LogP contribution in [0, 0.1) is 0 Å². The third kappa shape index (κ3) is 33.2. The van der Waals surface area contributed by atoms with Gasteiger partial charge in [-0.15, -0.1) is 0 Å². The number of ether oxygens (including phenoxy) is 3. The Bertz CT molecular complexity index is 937. The molecule has 0 saturated heterocycles. The highest BCUT2D eigenvalue weighted by molar-refractivity contribution is 5.70. The fraction of sp³-hybridized carbons (Fsp3) is 0.791. The summed E-state index contributed by atoms with van der Waals surface area (Å²) < 4.78 is 17.0. The minimum absolute atomic E-state index is 0.0183. The van der Waals surface area contributed by atoms with E-state index in [1.54, 1.807) is 21.1 Å². The molecule has 51 heavy (non-hydrogen) atoms. The standard InChI is InChI=1S/C43H77NO7/c1-6-8-10-12-14-16-18-20-22-24-26-28-30-32-34-42(46)51-39(37-49-36-35-40(43(47)48)44(3,4)5)38-50-41(45)33-31-29-27-25-23-21-19-17-15-13-11-9-7-2/h21-24,27,29,39-40H,6-20,25-26,28,30-38H2,1-5H3/b23-21+,24-22+,29-27+. The van der Waals surface area contributed by atoms with Crippen molar-refractivity contribution < 1.29 is 38.2 Å². The van der Waals surface area contributed by atoms with Gasteiger partial charge < -0.3 is 28.6 Å². The molecule has 0 amide bonds. The number of carbonyl (C=O) groups excluding carboxylic acids is 3. The average Bonchev–Trinajstić information content (AvgIpc) is 3.08. The predicted octanol–water partition coefficient (Wildman–Crippen LogP) is 9.35. The molecule has 0 aromatic rings. The molecule has 8 heteroatoms. The lowest BCUT2D eigenvalue weighted by molar-refractivity contribution is -0.889. The van der Waals surface area contributed by atoms with Crippen LogP contribution in [-0.2, 0) is 28.6 Å². The highest BCUT2D eigenvalue weighted by atomic mass is 16.6. The summed E-state index contributed by atoms with van der Waals surface area (Å²) in [6, 6.07) is -0.733. The number of nitrogens with zero attached hydrogens (tertiary/aromatic N) is 1. The number of hydrogen-bond acceptors (Lipinski definition) is 7. The number of quaternary nitrogens is 1. The van der Waals surface area contributed by atoms with Gasteiger partial charge in [-0.3, -0.25) is 9.59 Å². The van der Waals surface area contributed by atoms with Crippen LogP contribution in [0.4, 0.5) is 0 Å². The normalized spacial score (nSPS) is 13.4. The van der Waals surface area contributed by atoms with E-state index in [4.69, 9.17) is 14.2 Å². The lowest BCUT2D eigenvalue weighted by Crippen LogP contribution is -2.55. The summed E-state index contributed by atoms with van der Waals surface area (Å²) in [6.45, 7) is 4.56. The molecule has 0 aromatic carbocycles. The smallest absolute Gasteiger partial charge is 0.306 e. The SMILES string of the molecule is CCCCCCCC/C=C/C/C=C/CCC(=O)OCC(COCCC(C(=O)[O-])[N+](C)(C)C)OC(=O)CCCCC/C=C/CCCCCCCCC. The van der Waals surface area contributed by atoms with Crippen LogP contribution in [-0.4, -0.2) is 75.5 Å². The number of unbranched alkanes of at least 4 members (excludes halogenated alkanes) is 16. The van der Waals surface area contributed by atoms with Crippen LogP contribution < -0.4 is 5.11 Å². The first kappa shape index (κ1) is 48.5. The monoisotopic (exact) mass is 720 g/mol. The van der Waals surface area contributed by atoms with Gasteiger partial charge in [0, 0.05) is 19.3 Å². The molecule has 0 spiro atoms. The second-order valence-electron chi connectivity index (χ2n) is 14.9. The van der Waals surface area contributed by atoms with Gasteiger partial charge in [0.2, 0.25) is 0 Å². The van der Waals surface area contributed by atoms with Crippen molar-refractivity contribution in [2.24, 2.45) is 0 Å². The van der Waals surface area contributed by atoms with Crippen LogP contribution in [0.15, 0.2) is 36.5 Å². The van der Waals surface area contributed by atoms with Crippen LogP contribution in [0.5, 0.6) is 0 Å². The molecule has 0 bridgehead atoms.